The third kappa shape index (κ3) is 8.56. The third-order valence-electron chi connectivity index (χ3n) is 3.05. The second-order valence-corrected chi connectivity index (χ2v) is 8.86. The number of rotatable bonds is 9. The van der Waals surface area contributed by atoms with Crippen LogP contribution in [0.5, 0.6) is 5.75 Å². The standard InChI is InChI=1S/C18H28NO7P/c1-13(2)25-16(20)14(3)19-27(22,26-15-10-8-7-9-11-15)24-12-23-17(21)18(4,5)6/h7-11,13-14H,12H2,1-6H3,(H,19,22)/t14-,27?/m0/s1. The first kappa shape index (κ1) is 23.1. The van der Waals surface area contributed by atoms with Gasteiger partial charge in [-0.25, -0.2) is 9.09 Å². The molecule has 0 spiro atoms. The molecule has 8 nitrogen and oxygen atoms in total. The second-order valence-electron chi connectivity index (χ2n) is 7.17. The summed E-state index contributed by atoms with van der Waals surface area (Å²) in [7, 11) is -4.03. The highest BCUT2D eigenvalue weighted by molar-refractivity contribution is 7.52. The van der Waals surface area contributed by atoms with E-state index in [0.29, 0.717) is 0 Å². The minimum absolute atomic E-state index is 0.264. The Bertz CT molecular complexity index is 670. The molecule has 0 heterocycles. The van der Waals surface area contributed by atoms with E-state index in [1.807, 2.05) is 0 Å². The Morgan fingerprint density at radius 1 is 1.11 bits per heavy atom. The second kappa shape index (κ2) is 9.88. The normalized spacial score (nSPS) is 14.9. The monoisotopic (exact) mass is 401 g/mol. The molecule has 0 aliphatic heterocycles. The zero-order valence-electron chi connectivity index (χ0n) is 16.6. The van der Waals surface area contributed by atoms with Gasteiger partial charge in [-0.2, -0.15) is 5.09 Å². The van der Waals surface area contributed by atoms with Gasteiger partial charge in [-0.15, -0.1) is 0 Å². The van der Waals surface area contributed by atoms with Crippen LogP contribution in [0.2, 0.25) is 0 Å². The zero-order chi connectivity index (χ0) is 20.7. The molecule has 1 aromatic rings. The van der Waals surface area contributed by atoms with Gasteiger partial charge < -0.3 is 14.0 Å². The molecule has 0 fully saturated rings. The van der Waals surface area contributed by atoms with Crippen molar-refractivity contribution in [1.82, 2.24) is 5.09 Å². The average molecular weight is 401 g/mol. The van der Waals surface area contributed by atoms with Gasteiger partial charge in [0.05, 0.1) is 11.5 Å². The van der Waals surface area contributed by atoms with E-state index in [2.05, 4.69) is 5.09 Å². The molecule has 9 heteroatoms. The number of hydrogen-bond acceptors (Lipinski definition) is 7. The van der Waals surface area contributed by atoms with Crippen molar-refractivity contribution in [3.8, 4) is 5.75 Å². The fourth-order valence-electron chi connectivity index (χ4n) is 1.70. The number of esters is 2. The van der Waals surface area contributed by atoms with Gasteiger partial charge in [0, 0.05) is 0 Å². The number of ether oxygens (including phenoxy) is 2. The minimum atomic E-state index is -4.03. The molecule has 0 saturated carbocycles. The first-order valence-electron chi connectivity index (χ1n) is 8.58. The number of benzene rings is 1. The van der Waals surface area contributed by atoms with Gasteiger partial charge in [0.2, 0.25) is 6.79 Å². The Morgan fingerprint density at radius 3 is 2.22 bits per heavy atom. The van der Waals surface area contributed by atoms with E-state index >= 15 is 0 Å². The van der Waals surface area contributed by atoms with Gasteiger partial charge in [-0.3, -0.25) is 9.59 Å². The maximum atomic E-state index is 13.1. The van der Waals surface area contributed by atoms with E-state index in [0.717, 1.165) is 0 Å². The Morgan fingerprint density at radius 2 is 1.70 bits per heavy atom. The van der Waals surface area contributed by atoms with Crippen molar-refractivity contribution in [2.24, 2.45) is 5.41 Å². The molecule has 152 valence electrons. The van der Waals surface area contributed by atoms with Crippen molar-refractivity contribution >= 4 is 19.7 Å². The van der Waals surface area contributed by atoms with E-state index in [1.165, 1.54) is 6.92 Å². The SMILES string of the molecule is CC(C)OC(=O)[C@H](C)NP(=O)(OCOC(=O)C(C)(C)C)Oc1ccccc1. The van der Waals surface area contributed by atoms with Crippen LogP contribution < -0.4 is 9.61 Å². The summed E-state index contributed by atoms with van der Waals surface area (Å²) in [6.07, 6.45) is -0.329. The molecule has 1 rings (SSSR count). The van der Waals surface area contributed by atoms with E-state index in [9.17, 15) is 14.2 Å². The molecule has 1 aromatic carbocycles. The molecule has 1 N–H and O–H groups in total. The summed E-state index contributed by atoms with van der Waals surface area (Å²) in [5.41, 5.74) is -0.741. The predicted octanol–water partition coefficient (Wildman–Crippen LogP) is 3.67. The van der Waals surface area contributed by atoms with Gasteiger partial charge in [0.15, 0.2) is 0 Å². The van der Waals surface area contributed by atoms with E-state index in [4.69, 9.17) is 18.5 Å². The quantitative estimate of drug-likeness (QED) is 0.380. The number of para-hydroxylation sites is 1. The van der Waals surface area contributed by atoms with Gasteiger partial charge in [-0.05, 0) is 53.7 Å². The van der Waals surface area contributed by atoms with Crippen LogP contribution in [-0.4, -0.2) is 30.9 Å². The van der Waals surface area contributed by atoms with Crippen molar-refractivity contribution < 1.29 is 32.7 Å². The van der Waals surface area contributed by atoms with Crippen molar-refractivity contribution in [2.75, 3.05) is 6.79 Å². The van der Waals surface area contributed by atoms with Crippen molar-refractivity contribution in [3.63, 3.8) is 0 Å². The maximum Gasteiger partial charge on any atom is 0.462 e. The number of hydrogen-bond donors (Lipinski definition) is 1. The molecule has 0 radical (unpaired) electrons. The zero-order valence-corrected chi connectivity index (χ0v) is 17.4. The highest BCUT2D eigenvalue weighted by atomic mass is 31.2. The molecule has 1 unspecified atom stereocenters. The highest BCUT2D eigenvalue weighted by Crippen LogP contribution is 2.44. The van der Waals surface area contributed by atoms with Gasteiger partial charge >= 0.3 is 19.7 Å². The van der Waals surface area contributed by atoms with E-state index < -0.39 is 37.9 Å². The van der Waals surface area contributed by atoms with E-state index in [-0.39, 0.29) is 11.9 Å². The van der Waals surface area contributed by atoms with Gasteiger partial charge in [0.1, 0.15) is 11.8 Å². The van der Waals surface area contributed by atoms with Crippen LogP contribution in [0.4, 0.5) is 0 Å². The van der Waals surface area contributed by atoms with Crippen LogP contribution in [0, 0.1) is 5.41 Å². The lowest BCUT2D eigenvalue weighted by Gasteiger charge is -2.24. The van der Waals surface area contributed by atoms with Crippen LogP contribution >= 0.6 is 7.75 Å². The molecule has 0 amide bonds. The summed E-state index contributed by atoms with van der Waals surface area (Å²) < 4.78 is 33.7. The van der Waals surface area contributed by atoms with Crippen LogP contribution in [0.25, 0.3) is 0 Å². The first-order chi connectivity index (χ1) is 12.4. The lowest BCUT2D eigenvalue weighted by atomic mass is 9.98. The molecular formula is C18H28NO7P. The number of carbonyl (C=O) groups excluding carboxylic acids is 2. The molecule has 27 heavy (non-hydrogen) atoms. The van der Waals surface area contributed by atoms with Crippen molar-refractivity contribution in [1.29, 1.82) is 0 Å². The molecule has 2 atom stereocenters. The third-order valence-corrected chi connectivity index (χ3v) is 4.65. The fraction of sp³-hybridized carbons (Fsp3) is 0.556. The topological polar surface area (TPSA) is 100 Å². The molecule has 0 aromatic heterocycles. The van der Waals surface area contributed by atoms with Crippen LogP contribution in [-0.2, 0) is 28.2 Å². The smallest absolute Gasteiger partial charge is 0.462 e. The lowest BCUT2D eigenvalue weighted by molar-refractivity contribution is -0.160. The summed E-state index contributed by atoms with van der Waals surface area (Å²) in [6, 6.07) is 7.33. The van der Waals surface area contributed by atoms with Gasteiger partial charge in [0.25, 0.3) is 0 Å². The largest absolute Gasteiger partial charge is 0.462 e. The summed E-state index contributed by atoms with van der Waals surface area (Å²) in [4.78, 5) is 23.8. The Balaban J connectivity index is 2.84. The summed E-state index contributed by atoms with van der Waals surface area (Å²) in [6.45, 7) is 9.31. The first-order valence-corrected chi connectivity index (χ1v) is 10.1. The highest BCUT2D eigenvalue weighted by Gasteiger charge is 2.33. The molecule has 0 aliphatic carbocycles. The van der Waals surface area contributed by atoms with Crippen LogP contribution in [0.1, 0.15) is 41.5 Å². The molecule has 0 saturated heterocycles. The Hall–Kier alpha value is -1.89. The molecule has 0 aliphatic rings. The average Bonchev–Trinajstić information content (AvgIpc) is 2.53. The van der Waals surface area contributed by atoms with Crippen LogP contribution in [0.3, 0.4) is 0 Å². The Labute approximate surface area is 160 Å². The minimum Gasteiger partial charge on any atom is -0.462 e. The molecule has 0 bridgehead atoms. The summed E-state index contributed by atoms with van der Waals surface area (Å²) in [5, 5.41) is 2.50. The van der Waals surface area contributed by atoms with E-state index in [1.54, 1.807) is 65.0 Å². The molecular weight excluding hydrogens is 373 g/mol. The van der Waals surface area contributed by atoms with Crippen LogP contribution in [0.15, 0.2) is 30.3 Å². The number of carbonyl (C=O) groups is 2. The predicted molar refractivity (Wildman–Crippen MR) is 100 cm³/mol. The Kier molecular flexibility index (Phi) is 8.47. The lowest BCUT2D eigenvalue weighted by Crippen LogP contribution is -2.36. The van der Waals surface area contributed by atoms with Crippen molar-refractivity contribution in [2.45, 2.75) is 53.7 Å². The summed E-state index contributed by atoms with van der Waals surface area (Å²) in [5.74, 6) is -0.877. The number of nitrogens with one attached hydrogen (secondary N) is 1. The maximum absolute atomic E-state index is 13.1. The van der Waals surface area contributed by atoms with Gasteiger partial charge in [-0.1, -0.05) is 18.2 Å². The van der Waals surface area contributed by atoms with Crippen molar-refractivity contribution in [3.05, 3.63) is 30.3 Å². The fourth-order valence-corrected chi connectivity index (χ4v) is 3.05. The summed E-state index contributed by atoms with van der Waals surface area (Å²) >= 11 is 0.